The summed E-state index contributed by atoms with van der Waals surface area (Å²) in [7, 11) is 0. The normalized spacial score (nSPS) is 16.9. The number of anilines is 1. The largest absolute Gasteiger partial charge is 0.398 e. The van der Waals surface area contributed by atoms with E-state index >= 15 is 0 Å². The highest BCUT2D eigenvalue weighted by Gasteiger charge is 2.36. The lowest BCUT2D eigenvalue weighted by atomic mass is 9.67. The van der Waals surface area contributed by atoms with E-state index < -0.39 is 0 Å². The first-order valence-electron chi connectivity index (χ1n) is 6.96. The zero-order valence-electron chi connectivity index (χ0n) is 11.5. The van der Waals surface area contributed by atoms with Gasteiger partial charge < -0.3 is 5.73 Å². The van der Waals surface area contributed by atoms with Crippen molar-refractivity contribution in [3.8, 4) is 11.4 Å². The van der Waals surface area contributed by atoms with Gasteiger partial charge in [0, 0.05) is 5.56 Å². The number of rotatable bonds is 4. The minimum absolute atomic E-state index is 0.344. The fourth-order valence-electron chi connectivity index (χ4n) is 2.84. The van der Waals surface area contributed by atoms with Crippen LogP contribution in [0.3, 0.4) is 0 Å². The van der Waals surface area contributed by atoms with Crippen LogP contribution in [0.2, 0.25) is 5.02 Å². The molecular weight excluding hydrogens is 274 g/mol. The van der Waals surface area contributed by atoms with Crippen molar-refractivity contribution in [2.45, 2.75) is 39.2 Å². The van der Waals surface area contributed by atoms with E-state index in [4.69, 9.17) is 17.3 Å². The van der Waals surface area contributed by atoms with Gasteiger partial charge in [-0.3, -0.25) is 0 Å². The summed E-state index contributed by atoms with van der Waals surface area (Å²) in [5.41, 5.74) is 7.54. The molecule has 0 atom stereocenters. The first-order valence-corrected chi connectivity index (χ1v) is 7.33. The highest BCUT2D eigenvalue weighted by molar-refractivity contribution is 6.35. The molecule has 1 heterocycles. The number of nitrogens with two attached hydrogens (primary N) is 1. The second-order valence-electron chi connectivity index (χ2n) is 5.58. The van der Waals surface area contributed by atoms with Crippen LogP contribution in [-0.4, -0.2) is 20.2 Å². The molecule has 1 aromatic carbocycles. The second-order valence-corrected chi connectivity index (χ2v) is 5.95. The summed E-state index contributed by atoms with van der Waals surface area (Å²) in [5, 5.41) is 12.6. The molecule has 1 saturated carbocycles. The summed E-state index contributed by atoms with van der Waals surface area (Å²) in [6.07, 6.45) is 4.93. The van der Waals surface area contributed by atoms with Gasteiger partial charge in [0.15, 0.2) is 5.82 Å². The molecule has 20 heavy (non-hydrogen) atoms. The van der Waals surface area contributed by atoms with Gasteiger partial charge in [0.1, 0.15) is 0 Å². The van der Waals surface area contributed by atoms with Gasteiger partial charge >= 0.3 is 0 Å². The molecule has 106 valence electrons. The van der Waals surface area contributed by atoms with Crippen molar-refractivity contribution >= 4 is 17.3 Å². The molecule has 2 N–H and O–H groups in total. The third-order valence-electron chi connectivity index (χ3n) is 4.45. The van der Waals surface area contributed by atoms with E-state index in [0.29, 0.717) is 21.9 Å². The van der Waals surface area contributed by atoms with Crippen molar-refractivity contribution in [2.24, 2.45) is 5.41 Å². The minimum atomic E-state index is 0.344. The number of aromatic nitrogens is 4. The van der Waals surface area contributed by atoms with Crippen molar-refractivity contribution in [2.75, 3.05) is 5.73 Å². The molecular formula is C14H18ClN5. The van der Waals surface area contributed by atoms with E-state index in [-0.39, 0.29) is 0 Å². The average Bonchev–Trinajstić information content (AvgIpc) is 2.85. The highest BCUT2D eigenvalue weighted by atomic mass is 35.5. The van der Waals surface area contributed by atoms with Crippen LogP contribution in [0.15, 0.2) is 18.2 Å². The van der Waals surface area contributed by atoms with E-state index in [9.17, 15) is 0 Å². The summed E-state index contributed by atoms with van der Waals surface area (Å²) in [4.78, 5) is 0. The number of nitrogens with zero attached hydrogens (tertiary/aromatic N) is 4. The Kier molecular flexibility index (Phi) is 3.38. The van der Waals surface area contributed by atoms with Crippen LogP contribution < -0.4 is 5.73 Å². The highest BCUT2D eigenvalue weighted by Crippen LogP contribution is 2.45. The predicted molar refractivity (Wildman–Crippen MR) is 79.3 cm³/mol. The zero-order valence-corrected chi connectivity index (χ0v) is 12.3. The molecule has 1 fully saturated rings. The summed E-state index contributed by atoms with van der Waals surface area (Å²) in [6, 6.07) is 5.55. The smallest absolute Gasteiger partial charge is 0.183 e. The number of halogens is 1. The van der Waals surface area contributed by atoms with Crippen LogP contribution in [0.4, 0.5) is 5.69 Å². The van der Waals surface area contributed by atoms with E-state index in [0.717, 1.165) is 18.5 Å². The molecule has 1 aliphatic carbocycles. The molecule has 0 spiro atoms. The van der Waals surface area contributed by atoms with Crippen molar-refractivity contribution in [1.29, 1.82) is 0 Å². The fourth-order valence-corrected chi connectivity index (χ4v) is 3.06. The molecule has 1 aromatic heterocycles. The maximum atomic E-state index is 6.28. The average molecular weight is 292 g/mol. The van der Waals surface area contributed by atoms with Gasteiger partial charge in [-0.2, -0.15) is 0 Å². The molecule has 0 unspecified atom stereocenters. The quantitative estimate of drug-likeness (QED) is 0.879. The topological polar surface area (TPSA) is 69.6 Å². The van der Waals surface area contributed by atoms with Crippen molar-refractivity contribution in [3.63, 3.8) is 0 Å². The lowest BCUT2D eigenvalue weighted by molar-refractivity contribution is 0.0948. The van der Waals surface area contributed by atoms with E-state index in [1.807, 2.05) is 16.8 Å². The Hall–Kier alpha value is -1.62. The first kappa shape index (κ1) is 13.4. The van der Waals surface area contributed by atoms with Crippen LogP contribution in [0.5, 0.6) is 0 Å². The van der Waals surface area contributed by atoms with Crippen LogP contribution in [0.25, 0.3) is 11.4 Å². The summed E-state index contributed by atoms with van der Waals surface area (Å²) in [6.45, 7) is 3.08. The molecule has 0 aliphatic heterocycles. The number of nitrogen functional groups attached to an aromatic ring is 1. The minimum Gasteiger partial charge on any atom is -0.398 e. The van der Waals surface area contributed by atoms with E-state index in [1.54, 1.807) is 6.07 Å². The van der Waals surface area contributed by atoms with Crippen LogP contribution in [-0.2, 0) is 6.54 Å². The Bertz CT molecular complexity index is 612. The molecule has 1 aliphatic rings. The van der Waals surface area contributed by atoms with Gasteiger partial charge in [-0.05, 0) is 47.2 Å². The standard InChI is InChI=1S/C14H18ClN5/c1-2-14(7-4-8-14)9-20-13(17-18-19-20)10-5-3-6-11(16)12(10)15/h3,5-6H,2,4,7-9,16H2,1H3. The molecule has 5 nitrogen and oxygen atoms in total. The van der Waals surface area contributed by atoms with Gasteiger partial charge in [-0.25, -0.2) is 4.68 Å². The van der Waals surface area contributed by atoms with Gasteiger partial charge in [0.25, 0.3) is 0 Å². The van der Waals surface area contributed by atoms with Gasteiger partial charge in [0.05, 0.1) is 17.3 Å². The van der Waals surface area contributed by atoms with Gasteiger partial charge in [-0.15, -0.1) is 5.10 Å². The van der Waals surface area contributed by atoms with Crippen molar-refractivity contribution < 1.29 is 0 Å². The van der Waals surface area contributed by atoms with Crippen LogP contribution in [0.1, 0.15) is 32.6 Å². The Morgan fingerprint density at radius 1 is 1.40 bits per heavy atom. The van der Waals surface area contributed by atoms with Crippen LogP contribution >= 0.6 is 11.6 Å². The Labute approximate surface area is 123 Å². The third-order valence-corrected chi connectivity index (χ3v) is 4.87. The summed E-state index contributed by atoms with van der Waals surface area (Å²) < 4.78 is 1.86. The Morgan fingerprint density at radius 2 is 2.20 bits per heavy atom. The van der Waals surface area contributed by atoms with Gasteiger partial charge in [0.2, 0.25) is 0 Å². The molecule has 0 bridgehead atoms. The lowest BCUT2D eigenvalue weighted by Gasteiger charge is -2.41. The number of benzene rings is 1. The van der Waals surface area contributed by atoms with E-state index in [1.165, 1.54) is 19.3 Å². The molecule has 0 saturated heterocycles. The summed E-state index contributed by atoms with van der Waals surface area (Å²) >= 11 is 6.28. The molecule has 6 heteroatoms. The summed E-state index contributed by atoms with van der Waals surface area (Å²) in [5.74, 6) is 0.696. The van der Waals surface area contributed by atoms with Crippen molar-refractivity contribution in [3.05, 3.63) is 23.2 Å². The molecule has 0 amide bonds. The predicted octanol–water partition coefficient (Wildman–Crippen LogP) is 3.16. The maximum absolute atomic E-state index is 6.28. The molecule has 2 aromatic rings. The van der Waals surface area contributed by atoms with Gasteiger partial charge in [-0.1, -0.05) is 31.0 Å². The number of tetrazole rings is 1. The van der Waals surface area contributed by atoms with Crippen LogP contribution in [0, 0.1) is 5.41 Å². The third kappa shape index (κ3) is 2.16. The number of hydrogen-bond acceptors (Lipinski definition) is 4. The fraction of sp³-hybridized carbons (Fsp3) is 0.500. The SMILES string of the molecule is CCC1(Cn2nnnc2-c2cccc(N)c2Cl)CCC1. The lowest BCUT2D eigenvalue weighted by Crippen LogP contribution is -2.34. The molecule has 0 radical (unpaired) electrons. The number of hydrogen-bond donors (Lipinski definition) is 1. The van der Waals surface area contributed by atoms with E-state index in [2.05, 4.69) is 22.4 Å². The Morgan fingerprint density at radius 3 is 2.85 bits per heavy atom. The maximum Gasteiger partial charge on any atom is 0.183 e. The first-order chi connectivity index (χ1) is 9.65. The molecule has 3 rings (SSSR count). The Balaban J connectivity index is 1.96. The second kappa shape index (κ2) is 5.05. The monoisotopic (exact) mass is 291 g/mol. The zero-order chi connectivity index (χ0) is 14.2. The van der Waals surface area contributed by atoms with Crippen molar-refractivity contribution in [1.82, 2.24) is 20.2 Å².